The molecule has 5 nitrogen and oxygen atoms in total. The third-order valence-corrected chi connectivity index (χ3v) is 8.30. The van der Waals surface area contributed by atoms with Gasteiger partial charge in [-0.3, -0.25) is 0 Å². The Morgan fingerprint density at radius 1 is 0.826 bits per heavy atom. The fourth-order valence-corrected chi connectivity index (χ4v) is 7.04. The molecule has 0 saturated heterocycles. The molecule has 0 aromatic carbocycles. The Morgan fingerprint density at radius 3 is 1.61 bits per heavy atom. The van der Waals surface area contributed by atoms with Gasteiger partial charge in [0.25, 0.3) is 0 Å². The minimum atomic E-state index is -2.20. The number of rotatable bonds is 12. The molecule has 0 rings (SSSR count). The number of esters is 1. The maximum atomic E-state index is 12.2. The molecule has 138 valence electrons. The van der Waals surface area contributed by atoms with E-state index in [-0.39, 0.29) is 6.73 Å². The van der Waals surface area contributed by atoms with Crippen molar-refractivity contribution in [2.75, 3.05) is 39.3 Å². The molecule has 0 radical (unpaired) electrons. The molecule has 0 unspecified atom stereocenters. The first-order valence-electron chi connectivity index (χ1n) is 8.95. The molecule has 23 heavy (non-hydrogen) atoms. The van der Waals surface area contributed by atoms with Gasteiger partial charge in [0.1, 0.15) is 0 Å². The van der Waals surface area contributed by atoms with E-state index >= 15 is 0 Å². The number of ether oxygens (including phenoxy) is 1. The first kappa shape index (κ1) is 22.3. The number of carbonyl (C=O) groups excluding carboxylic acids is 2. The third kappa shape index (κ3) is 9.93. The minimum absolute atomic E-state index is 0.0986. The molecule has 6 heteroatoms. The zero-order valence-electron chi connectivity index (χ0n) is 15.7. The van der Waals surface area contributed by atoms with Gasteiger partial charge in [0.2, 0.25) is 0 Å². The van der Waals surface area contributed by atoms with E-state index in [2.05, 4.69) is 20.8 Å². The van der Waals surface area contributed by atoms with Crippen LogP contribution < -0.4 is 0 Å². The molecule has 0 aliphatic rings. The van der Waals surface area contributed by atoms with Crippen LogP contribution in [0.5, 0.6) is 0 Å². The van der Waals surface area contributed by atoms with Crippen LogP contribution in [-0.2, 0) is 18.8 Å². The standard InChI is InChI=1S/C17H36NO4P/c1-6-9-12-23(13-10-7-2,14-11-8-3)22-17(20)16(19)21-15-18(4)5/h23H,6-15H2,1-5H3. The molecular formula is C17H36NO4P. The molecule has 0 aliphatic heterocycles. The predicted molar refractivity (Wildman–Crippen MR) is 98.4 cm³/mol. The van der Waals surface area contributed by atoms with Crippen LogP contribution in [0.15, 0.2) is 0 Å². The molecular weight excluding hydrogens is 313 g/mol. The molecule has 0 atom stereocenters. The van der Waals surface area contributed by atoms with Gasteiger partial charge in [-0.05, 0) is 0 Å². The van der Waals surface area contributed by atoms with Gasteiger partial charge in [-0.2, -0.15) is 0 Å². The first-order chi connectivity index (χ1) is 10.9. The molecule has 0 aliphatic carbocycles. The van der Waals surface area contributed by atoms with Gasteiger partial charge in [0.15, 0.2) is 0 Å². The summed E-state index contributed by atoms with van der Waals surface area (Å²) >= 11 is 0. The Labute approximate surface area is 142 Å². The predicted octanol–water partition coefficient (Wildman–Crippen LogP) is 3.66. The third-order valence-electron chi connectivity index (χ3n) is 3.89. The zero-order chi connectivity index (χ0) is 17.7. The van der Waals surface area contributed by atoms with Crippen molar-refractivity contribution in [3.8, 4) is 0 Å². The van der Waals surface area contributed by atoms with E-state index in [0.717, 1.165) is 57.0 Å². The van der Waals surface area contributed by atoms with Gasteiger partial charge < -0.3 is 0 Å². The van der Waals surface area contributed by atoms with E-state index in [1.807, 2.05) is 0 Å². The summed E-state index contributed by atoms with van der Waals surface area (Å²) in [7, 11) is 1.35. The van der Waals surface area contributed by atoms with Gasteiger partial charge in [0, 0.05) is 0 Å². The summed E-state index contributed by atoms with van der Waals surface area (Å²) in [6.45, 7) is 6.53. The van der Waals surface area contributed by atoms with Crippen molar-refractivity contribution in [3.05, 3.63) is 0 Å². The molecule has 0 aromatic rings. The summed E-state index contributed by atoms with van der Waals surface area (Å²) in [5.74, 6) is -1.65. The molecule has 0 fully saturated rings. The number of unbranched alkanes of at least 4 members (excludes halogenated alkanes) is 3. The van der Waals surface area contributed by atoms with Crippen LogP contribution in [-0.4, -0.2) is 56.2 Å². The number of carbonyl (C=O) groups is 2. The average Bonchev–Trinajstić information content (AvgIpc) is 2.53. The summed E-state index contributed by atoms with van der Waals surface area (Å²) in [6.07, 6.45) is 9.27. The SMILES string of the molecule is CCCC[PH](CCCC)(CCCC)OC(=O)C(=O)OCN(C)C. The fraction of sp³-hybridized carbons (Fsp3) is 0.882. The fourth-order valence-electron chi connectivity index (χ4n) is 2.51. The Balaban J connectivity index is 4.91. The van der Waals surface area contributed by atoms with Crippen molar-refractivity contribution in [1.29, 1.82) is 0 Å². The summed E-state index contributed by atoms with van der Waals surface area (Å²) < 4.78 is 10.8. The van der Waals surface area contributed by atoms with E-state index in [0.29, 0.717) is 0 Å². The second-order valence-electron chi connectivity index (χ2n) is 6.52. The van der Waals surface area contributed by atoms with Crippen LogP contribution in [0.3, 0.4) is 0 Å². The van der Waals surface area contributed by atoms with Crippen molar-refractivity contribution in [2.24, 2.45) is 0 Å². The van der Waals surface area contributed by atoms with Crippen molar-refractivity contribution in [1.82, 2.24) is 4.90 Å². The van der Waals surface area contributed by atoms with Crippen molar-refractivity contribution >= 4 is 19.4 Å². The van der Waals surface area contributed by atoms with E-state index < -0.39 is 19.4 Å². The quantitative estimate of drug-likeness (QED) is 0.233. The zero-order valence-corrected chi connectivity index (χ0v) is 16.7. The Hall–Kier alpha value is -0.670. The normalized spacial score (nSPS) is 12.3. The van der Waals surface area contributed by atoms with Gasteiger partial charge in [-0.15, -0.1) is 0 Å². The topological polar surface area (TPSA) is 55.8 Å². The van der Waals surface area contributed by atoms with E-state index in [1.165, 1.54) is 0 Å². The molecule has 0 amide bonds. The molecule has 0 bridgehead atoms. The molecule has 0 heterocycles. The van der Waals surface area contributed by atoms with Crippen molar-refractivity contribution in [2.45, 2.75) is 59.3 Å². The summed E-state index contributed by atoms with van der Waals surface area (Å²) in [6, 6.07) is 0. The number of hydrogen-bond donors (Lipinski definition) is 0. The summed E-state index contributed by atoms with van der Waals surface area (Å²) in [4.78, 5) is 25.7. The van der Waals surface area contributed by atoms with Crippen LogP contribution in [0.25, 0.3) is 0 Å². The van der Waals surface area contributed by atoms with Crippen LogP contribution in [0.2, 0.25) is 0 Å². The van der Waals surface area contributed by atoms with Crippen LogP contribution in [0, 0.1) is 0 Å². The van der Waals surface area contributed by atoms with E-state index in [9.17, 15) is 9.59 Å². The second-order valence-corrected chi connectivity index (χ2v) is 10.6. The Bertz CT molecular complexity index is 326. The van der Waals surface area contributed by atoms with Gasteiger partial charge in [0.05, 0.1) is 0 Å². The van der Waals surface area contributed by atoms with Gasteiger partial charge in [-0.1, -0.05) is 0 Å². The Morgan fingerprint density at radius 2 is 1.26 bits per heavy atom. The second kappa shape index (κ2) is 12.7. The van der Waals surface area contributed by atoms with Crippen LogP contribution >= 0.6 is 7.49 Å². The molecule has 0 spiro atoms. The van der Waals surface area contributed by atoms with Crippen LogP contribution in [0.4, 0.5) is 0 Å². The molecule has 0 saturated carbocycles. The molecule has 0 aromatic heterocycles. The average molecular weight is 349 g/mol. The first-order valence-corrected chi connectivity index (χ1v) is 11.5. The van der Waals surface area contributed by atoms with Gasteiger partial charge in [-0.25, -0.2) is 0 Å². The summed E-state index contributed by atoms with van der Waals surface area (Å²) in [5.41, 5.74) is 0. The van der Waals surface area contributed by atoms with Crippen molar-refractivity contribution in [3.63, 3.8) is 0 Å². The van der Waals surface area contributed by atoms with E-state index in [1.54, 1.807) is 19.0 Å². The van der Waals surface area contributed by atoms with E-state index in [4.69, 9.17) is 9.26 Å². The molecule has 0 N–H and O–H groups in total. The number of hydrogen-bond acceptors (Lipinski definition) is 5. The number of nitrogens with zero attached hydrogens (tertiary/aromatic N) is 1. The van der Waals surface area contributed by atoms with Gasteiger partial charge >= 0.3 is 142 Å². The monoisotopic (exact) mass is 349 g/mol. The maximum absolute atomic E-state index is 12.2. The van der Waals surface area contributed by atoms with Crippen LogP contribution in [0.1, 0.15) is 59.3 Å². The Kier molecular flexibility index (Phi) is 12.3. The summed E-state index contributed by atoms with van der Waals surface area (Å²) in [5, 5.41) is 0. The van der Waals surface area contributed by atoms with Crippen molar-refractivity contribution < 1.29 is 18.8 Å².